The van der Waals surface area contributed by atoms with E-state index < -0.39 is 0 Å². The van der Waals surface area contributed by atoms with E-state index >= 15 is 0 Å². The average Bonchev–Trinajstić information content (AvgIpc) is 2.52. The molecule has 1 N–H and O–H groups in total. The van der Waals surface area contributed by atoms with Crippen molar-refractivity contribution >= 4 is 11.6 Å². The van der Waals surface area contributed by atoms with Gasteiger partial charge in [0.1, 0.15) is 12.4 Å². The van der Waals surface area contributed by atoms with Gasteiger partial charge in [0, 0.05) is 12.1 Å². The summed E-state index contributed by atoms with van der Waals surface area (Å²) in [5.74, 6) is 0.629. The number of nitrogens with zero attached hydrogens (tertiary/aromatic N) is 1. The third-order valence-corrected chi connectivity index (χ3v) is 3.39. The second-order valence-electron chi connectivity index (χ2n) is 4.60. The van der Waals surface area contributed by atoms with Crippen LogP contribution in [0.3, 0.4) is 0 Å². The van der Waals surface area contributed by atoms with E-state index in [4.69, 9.17) is 21.6 Å². The van der Waals surface area contributed by atoms with Gasteiger partial charge in [-0.1, -0.05) is 42.8 Å². The molecule has 0 aliphatic rings. The SMILES string of the molecule is CCNCc1ccc(OCc2ccccc2C#N)c(Cl)c1. The molecule has 0 atom stereocenters. The predicted octanol–water partition coefficient (Wildman–Crippen LogP) is 3.90. The summed E-state index contributed by atoms with van der Waals surface area (Å²) in [6, 6.07) is 15.3. The molecule has 0 aliphatic carbocycles. The Morgan fingerprint density at radius 2 is 2.05 bits per heavy atom. The molecule has 3 nitrogen and oxygen atoms in total. The molecule has 108 valence electrons. The van der Waals surface area contributed by atoms with E-state index in [9.17, 15) is 0 Å². The summed E-state index contributed by atoms with van der Waals surface area (Å²) in [5.41, 5.74) is 2.59. The van der Waals surface area contributed by atoms with E-state index in [2.05, 4.69) is 18.3 Å². The van der Waals surface area contributed by atoms with Crippen molar-refractivity contribution in [2.24, 2.45) is 0 Å². The molecular formula is C17H17ClN2O. The summed E-state index contributed by atoms with van der Waals surface area (Å²) in [6.07, 6.45) is 0. The lowest BCUT2D eigenvalue weighted by atomic mass is 10.1. The van der Waals surface area contributed by atoms with Crippen molar-refractivity contribution in [3.63, 3.8) is 0 Å². The molecule has 0 saturated heterocycles. The first-order valence-electron chi connectivity index (χ1n) is 6.84. The van der Waals surface area contributed by atoms with Gasteiger partial charge in [0.15, 0.2) is 0 Å². The molecule has 2 aromatic rings. The van der Waals surface area contributed by atoms with Crippen molar-refractivity contribution in [2.75, 3.05) is 6.54 Å². The zero-order chi connectivity index (χ0) is 15.1. The quantitative estimate of drug-likeness (QED) is 0.880. The van der Waals surface area contributed by atoms with Gasteiger partial charge < -0.3 is 10.1 Å². The first-order chi connectivity index (χ1) is 10.2. The second-order valence-corrected chi connectivity index (χ2v) is 5.01. The van der Waals surface area contributed by atoms with E-state index in [1.807, 2.05) is 36.4 Å². The zero-order valence-corrected chi connectivity index (χ0v) is 12.7. The molecule has 0 saturated carbocycles. The molecular weight excluding hydrogens is 284 g/mol. The molecule has 0 unspecified atom stereocenters. The van der Waals surface area contributed by atoms with E-state index in [-0.39, 0.29) is 0 Å². The lowest BCUT2D eigenvalue weighted by Gasteiger charge is -2.10. The number of ether oxygens (including phenoxy) is 1. The molecule has 4 heteroatoms. The molecule has 0 aromatic heterocycles. The van der Waals surface area contributed by atoms with Crippen molar-refractivity contribution < 1.29 is 4.74 Å². The van der Waals surface area contributed by atoms with Gasteiger partial charge in [-0.25, -0.2) is 0 Å². The van der Waals surface area contributed by atoms with Gasteiger partial charge in [0.05, 0.1) is 16.7 Å². The standard InChI is InChI=1S/C17H17ClN2O/c1-2-20-11-13-7-8-17(16(18)9-13)21-12-15-6-4-3-5-14(15)10-19/h3-9,20H,2,11-12H2,1H3. The molecule has 21 heavy (non-hydrogen) atoms. The van der Waals surface area contributed by atoms with Crippen LogP contribution in [0.1, 0.15) is 23.6 Å². The summed E-state index contributed by atoms with van der Waals surface area (Å²) in [6.45, 7) is 4.09. The monoisotopic (exact) mass is 300 g/mol. The minimum Gasteiger partial charge on any atom is -0.487 e. The van der Waals surface area contributed by atoms with Crippen LogP contribution in [0.4, 0.5) is 0 Å². The van der Waals surface area contributed by atoms with Crippen LogP contribution in [0.25, 0.3) is 0 Å². The van der Waals surface area contributed by atoms with Gasteiger partial charge in [-0.2, -0.15) is 5.26 Å². The second kappa shape index (κ2) is 7.68. The number of benzene rings is 2. The van der Waals surface area contributed by atoms with Crippen molar-refractivity contribution in [3.8, 4) is 11.8 Å². The summed E-state index contributed by atoms with van der Waals surface area (Å²) in [4.78, 5) is 0. The average molecular weight is 301 g/mol. The van der Waals surface area contributed by atoms with Gasteiger partial charge in [0.25, 0.3) is 0 Å². The number of hydrogen-bond acceptors (Lipinski definition) is 3. The third-order valence-electron chi connectivity index (χ3n) is 3.10. The fourth-order valence-corrected chi connectivity index (χ4v) is 2.21. The zero-order valence-electron chi connectivity index (χ0n) is 11.9. The van der Waals surface area contributed by atoms with Crippen LogP contribution >= 0.6 is 11.6 Å². The van der Waals surface area contributed by atoms with Gasteiger partial charge in [-0.15, -0.1) is 0 Å². The highest BCUT2D eigenvalue weighted by Crippen LogP contribution is 2.26. The Morgan fingerprint density at radius 1 is 1.24 bits per heavy atom. The normalized spacial score (nSPS) is 10.1. The summed E-state index contributed by atoms with van der Waals surface area (Å²) in [5, 5.41) is 12.9. The largest absolute Gasteiger partial charge is 0.487 e. The predicted molar refractivity (Wildman–Crippen MR) is 84.3 cm³/mol. The Labute approximate surface area is 130 Å². The van der Waals surface area contributed by atoms with Crippen LogP contribution in [0.5, 0.6) is 5.75 Å². The van der Waals surface area contributed by atoms with Crippen LogP contribution in [-0.4, -0.2) is 6.54 Å². The lowest BCUT2D eigenvalue weighted by molar-refractivity contribution is 0.306. The minimum absolute atomic E-state index is 0.329. The fraction of sp³-hybridized carbons (Fsp3) is 0.235. The van der Waals surface area contributed by atoms with Gasteiger partial charge in [-0.05, 0) is 30.3 Å². The summed E-state index contributed by atoms with van der Waals surface area (Å²) < 4.78 is 5.72. The van der Waals surface area contributed by atoms with Crippen molar-refractivity contribution in [1.82, 2.24) is 5.32 Å². The highest BCUT2D eigenvalue weighted by Gasteiger charge is 2.06. The van der Waals surface area contributed by atoms with E-state index in [1.54, 1.807) is 6.07 Å². The molecule has 0 radical (unpaired) electrons. The molecule has 2 rings (SSSR count). The maximum Gasteiger partial charge on any atom is 0.138 e. The molecule has 0 spiro atoms. The van der Waals surface area contributed by atoms with Crippen LogP contribution in [0.15, 0.2) is 42.5 Å². The maximum absolute atomic E-state index is 9.05. The first kappa shape index (κ1) is 15.4. The van der Waals surface area contributed by atoms with Crippen molar-refractivity contribution in [2.45, 2.75) is 20.1 Å². The Hall–Kier alpha value is -2.02. The van der Waals surface area contributed by atoms with Crippen LogP contribution in [0, 0.1) is 11.3 Å². The Bertz CT molecular complexity index is 649. The van der Waals surface area contributed by atoms with E-state index in [1.165, 1.54) is 0 Å². The minimum atomic E-state index is 0.329. The lowest BCUT2D eigenvalue weighted by Crippen LogP contribution is -2.11. The Kier molecular flexibility index (Phi) is 5.62. The van der Waals surface area contributed by atoms with Gasteiger partial charge >= 0.3 is 0 Å². The van der Waals surface area contributed by atoms with Crippen molar-refractivity contribution in [1.29, 1.82) is 5.26 Å². The van der Waals surface area contributed by atoms with Crippen molar-refractivity contribution in [3.05, 3.63) is 64.2 Å². The van der Waals surface area contributed by atoms with E-state index in [0.717, 1.165) is 24.2 Å². The Morgan fingerprint density at radius 3 is 2.76 bits per heavy atom. The van der Waals surface area contributed by atoms with Crippen LogP contribution in [-0.2, 0) is 13.2 Å². The van der Waals surface area contributed by atoms with Gasteiger partial charge in [-0.3, -0.25) is 0 Å². The van der Waals surface area contributed by atoms with Crippen LogP contribution in [0.2, 0.25) is 5.02 Å². The summed E-state index contributed by atoms with van der Waals surface area (Å²) >= 11 is 6.23. The molecule has 0 heterocycles. The number of halogens is 1. The number of hydrogen-bond donors (Lipinski definition) is 1. The molecule has 0 aliphatic heterocycles. The smallest absolute Gasteiger partial charge is 0.138 e. The topological polar surface area (TPSA) is 45.0 Å². The number of nitriles is 1. The van der Waals surface area contributed by atoms with Crippen LogP contribution < -0.4 is 10.1 Å². The maximum atomic E-state index is 9.05. The highest BCUT2D eigenvalue weighted by atomic mass is 35.5. The fourth-order valence-electron chi connectivity index (χ4n) is 1.95. The molecule has 0 amide bonds. The number of nitrogens with one attached hydrogen (secondary N) is 1. The first-order valence-corrected chi connectivity index (χ1v) is 7.22. The van der Waals surface area contributed by atoms with E-state index in [0.29, 0.717) is 22.9 Å². The third kappa shape index (κ3) is 4.22. The molecule has 2 aromatic carbocycles. The number of rotatable bonds is 6. The molecule has 0 fully saturated rings. The highest BCUT2D eigenvalue weighted by molar-refractivity contribution is 6.32. The summed E-state index contributed by atoms with van der Waals surface area (Å²) in [7, 11) is 0. The van der Waals surface area contributed by atoms with Gasteiger partial charge in [0.2, 0.25) is 0 Å². The Balaban J connectivity index is 2.05. The molecule has 0 bridgehead atoms.